The fourth-order valence-corrected chi connectivity index (χ4v) is 2.81. The fraction of sp³-hybridized carbons (Fsp3) is 0.167. The maximum absolute atomic E-state index is 9.77. The Bertz CT molecular complexity index is 1080. The van der Waals surface area contributed by atoms with Gasteiger partial charge < -0.3 is 14.6 Å². The lowest BCUT2D eigenvalue weighted by Crippen LogP contribution is -2.11. The Kier molecular flexibility index (Phi) is 4.58. The topological polar surface area (TPSA) is 113 Å². The SMILES string of the molecule is COc1ccc(-n2c(Cn3nccn3)nnc2-c2ccc(O)cc2OC)cn1. The van der Waals surface area contributed by atoms with Gasteiger partial charge in [0, 0.05) is 12.1 Å². The second-order valence-electron chi connectivity index (χ2n) is 5.78. The summed E-state index contributed by atoms with van der Waals surface area (Å²) in [6.45, 7) is 0.312. The molecule has 3 heterocycles. The molecular weight excluding hydrogens is 362 g/mol. The molecule has 0 amide bonds. The first-order valence-electron chi connectivity index (χ1n) is 8.36. The molecule has 10 nitrogen and oxygen atoms in total. The molecule has 0 spiro atoms. The van der Waals surface area contributed by atoms with Crippen molar-refractivity contribution in [2.75, 3.05) is 14.2 Å². The molecule has 142 valence electrons. The van der Waals surface area contributed by atoms with Crippen molar-refractivity contribution in [3.8, 4) is 34.5 Å². The first-order valence-corrected chi connectivity index (χ1v) is 8.36. The van der Waals surface area contributed by atoms with E-state index in [1.165, 1.54) is 18.0 Å². The van der Waals surface area contributed by atoms with Gasteiger partial charge in [0.25, 0.3) is 0 Å². The number of aromatic nitrogens is 7. The van der Waals surface area contributed by atoms with Crippen molar-refractivity contribution in [2.45, 2.75) is 6.54 Å². The molecule has 0 aliphatic carbocycles. The summed E-state index contributed by atoms with van der Waals surface area (Å²) in [6, 6.07) is 8.42. The number of pyridine rings is 1. The molecule has 0 saturated carbocycles. The third-order valence-corrected chi connectivity index (χ3v) is 4.09. The van der Waals surface area contributed by atoms with Gasteiger partial charge in [-0.1, -0.05) is 0 Å². The van der Waals surface area contributed by atoms with Crippen LogP contribution in [-0.4, -0.2) is 54.1 Å². The van der Waals surface area contributed by atoms with Gasteiger partial charge in [-0.3, -0.25) is 4.57 Å². The Balaban J connectivity index is 1.87. The highest BCUT2D eigenvalue weighted by atomic mass is 16.5. The largest absolute Gasteiger partial charge is 0.508 e. The number of benzene rings is 1. The third kappa shape index (κ3) is 3.22. The smallest absolute Gasteiger partial charge is 0.213 e. The molecule has 0 atom stereocenters. The summed E-state index contributed by atoms with van der Waals surface area (Å²) < 4.78 is 12.4. The van der Waals surface area contributed by atoms with Crippen LogP contribution in [0.2, 0.25) is 0 Å². The second-order valence-corrected chi connectivity index (χ2v) is 5.78. The molecule has 4 aromatic rings. The van der Waals surface area contributed by atoms with Crippen LogP contribution in [0.4, 0.5) is 0 Å². The fourth-order valence-electron chi connectivity index (χ4n) is 2.81. The Hall–Kier alpha value is -3.95. The van der Waals surface area contributed by atoms with Gasteiger partial charge in [0.15, 0.2) is 11.6 Å². The van der Waals surface area contributed by atoms with E-state index in [0.29, 0.717) is 35.4 Å². The van der Waals surface area contributed by atoms with E-state index in [2.05, 4.69) is 25.4 Å². The number of rotatable bonds is 6. The molecule has 1 N–H and O–H groups in total. The molecule has 0 unspecified atom stereocenters. The van der Waals surface area contributed by atoms with Crippen molar-refractivity contribution in [1.29, 1.82) is 0 Å². The second kappa shape index (κ2) is 7.35. The average Bonchev–Trinajstić information content (AvgIpc) is 3.38. The summed E-state index contributed by atoms with van der Waals surface area (Å²) >= 11 is 0. The lowest BCUT2D eigenvalue weighted by molar-refractivity contribution is 0.397. The third-order valence-electron chi connectivity index (χ3n) is 4.09. The van der Waals surface area contributed by atoms with Gasteiger partial charge >= 0.3 is 0 Å². The van der Waals surface area contributed by atoms with Crippen LogP contribution in [0.3, 0.4) is 0 Å². The Morgan fingerprint density at radius 1 is 1.00 bits per heavy atom. The number of phenols is 1. The highest BCUT2D eigenvalue weighted by Gasteiger charge is 2.20. The summed E-state index contributed by atoms with van der Waals surface area (Å²) in [5, 5.41) is 26.7. The van der Waals surface area contributed by atoms with E-state index in [-0.39, 0.29) is 5.75 Å². The number of phenolic OH excluding ortho intramolecular Hbond substituents is 1. The Morgan fingerprint density at radius 3 is 2.50 bits per heavy atom. The van der Waals surface area contributed by atoms with E-state index in [9.17, 15) is 5.11 Å². The lowest BCUT2D eigenvalue weighted by Gasteiger charge is -2.13. The molecule has 3 aromatic heterocycles. The van der Waals surface area contributed by atoms with Gasteiger partial charge in [-0.05, 0) is 18.2 Å². The lowest BCUT2D eigenvalue weighted by atomic mass is 10.1. The molecule has 0 bridgehead atoms. The van der Waals surface area contributed by atoms with Crippen LogP contribution < -0.4 is 9.47 Å². The molecule has 4 rings (SSSR count). The highest BCUT2D eigenvalue weighted by Crippen LogP contribution is 2.33. The number of nitrogens with zero attached hydrogens (tertiary/aromatic N) is 7. The quantitative estimate of drug-likeness (QED) is 0.538. The van der Waals surface area contributed by atoms with Crippen molar-refractivity contribution in [3.05, 3.63) is 54.7 Å². The normalized spacial score (nSPS) is 10.8. The summed E-state index contributed by atoms with van der Waals surface area (Å²) in [6.07, 6.45) is 4.86. The minimum Gasteiger partial charge on any atom is -0.508 e. The van der Waals surface area contributed by atoms with E-state index < -0.39 is 0 Å². The number of ether oxygens (including phenoxy) is 2. The Morgan fingerprint density at radius 2 is 1.82 bits per heavy atom. The standard InChI is InChI=1S/C18H17N7O3/c1-27-15-9-13(26)4-5-14(15)18-23-22-16(11-24-20-7-8-21-24)25(18)12-3-6-17(28-2)19-10-12/h3-10,26H,11H2,1-2H3. The van der Waals surface area contributed by atoms with Crippen LogP contribution in [0.15, 0.2) is 48.9 Å². The maximum atomic E-state index is 9.77. The summed E-state index contributed by atoms with van der Waals surface area (Å²) in [5.41, 5.74) is 1.40. The van der Waals surface area contributed by atoms with Crippen molar-refractivity contribution in [1.82, 2.24) is 34.7 Å². The summed E-state index contributed by atoms with van der Waals surface area (Å²) in [5.74, 6) is 2.20. The van der Waals surface area contributed by atoms with Crippen LogP contribution in [0.25, 0.3) is 17.1 Å². The number of hydrogen-bond acceptors (Lipinski definition) is 8. The van der Waals surface area contributed by atoms with Crippen LogP contribution >= 0.6 is 0 Å². The van der Waals surface area contributed by atoms with Crippen LogP contribution in [-0.2, 0) is 6.54 Å². The molecule has 28 heavy (non-hydrogen) atoms. The number of methoxy groups -OCH3 is 2. The van der Waals surface area contributed by atoms with Crippen molar-refractivity contribution >= 4 is 0 Å². The van der Waals surface area contributed by atoms with Crippen LogP contribution in [0.1, 0.15) is 5.82 Å². The van der Waals surface area contributed by atoms with Gasteiger partial charge in [-0.2, -0.15) is 15.0 Å². The molecule has 1 aromatic carbocycles. The van der Waals surface area contributed by atoms with E-state index in [4.69, 9.17) is 9.47 Å². The predicted molar refractivity (Wildman–Crippen MR) is 98.5 cm³/mol. The summed E-state index contributed by atoms with van der Waals surface area (Å²) in [4.78, 5) is 5.78. The summed E-state index contributed by atoms with van der Waals surface area (Å²) in [7, 11) is 3.09. The first-order chi connectivity index (χ1) is 13.7. The monoisotopic (exact) mass is 379 g/mol. The zero-order valence-corrected chi connectivity index (χ0v) is 15.2. The van der Waals surface area contributed by atoms with Crippen molar-refractivity contribution in [2.24, 2.45) is 0 Å². The van der Waals surface area contributed by atoms with Crippen molar-refractivity contribution < 1.29 is 14.6 Å². The van der Waals surface area contributed by atoms with Crippen LogP contribution in [0, 0.1) is 0 Å². The minimum absolute atomic E-state index is 0.0961. The molecule has 0 radical (unpaired) electrons. The molecule has 0 fully saturated rings. The van der Waals surface area contributed by atoms with Crippen LogP contribution in [0.5, 0.6) is 17.4 Å². The maximum Gasteiger partial charge on any atom is 0.213 e. The van der Waals surface area contributed by atoms with Gasteiger partial charge in [0.2, 0.25) is 5.88 Å². The first kappa shape index (κ1) is 17.5. The molecule has 0 saturated heterocycles. The van der Waals surface area contributed by atoms with Gasteiger partial charge in [0.05, 0.1) is 44.1 Å². The van der Waals surface area contributed by atoms with E-state index in [1.807, 2.05) is 10.6 Å². The van der Waals surface area contributed by atoms with Gasteiger partial charge in [0.1, 0.15) is 18.0 Å². The zero-order valence-electron chi connectivity index (χ0n) is 15.2. The predicted octanol–water partition coefficient (Wildman–Crippen LogP) is 1.69. The zero-order chi connectivity index (χ0) is 19.5. The molecule has 0 aliphatic heterocycles. The minimum atomic E-state index is 0.0961. The van der Waals surface area contributed by atoms with Crippen molar-refractivity contribution in [3.63, 3.8) is 0 Å². The van der Waals surface area contributed by atoms with Gasteiger partial charge in [-0.25, -0.2) is 4.98 Å². The van der Waals surface area contributed by atoms with E-state index in [1.54, 1.807) is 43.9 Å². The average molecular weight is 379 g/mol. The Labute approximate surface area is 160 Å². The molecule has 10 heteroatoms. The number of aromatic hydroxyl groups is 1. The molecule has 0 aliphatic rings. The van der Waals surface area contributed by atoms with Gasteiger partial charge in [-0.15, -0.1) is 10.2 Å². The number of hydrogen-bond donors (Lipinski definition) is 1. The van der Waals surface area contributed by atoms with E-state index in [0.717, 1.165) is 5.69 Å². The highest BCUT2D eigenvalue weighted by molar-refractivity contribution is 5.67. The molecular formula is C18H17N7O3. The van der Waals surface area contributed by atoms with E-state index >= 15 is 0 Å².